The van der Waals surface area contributed by atoms with Gasteiger partial charge in [-0.05, 0) is 39.5 Å². The van der Waals surface area contributed by atoms with Gasteiger partial charge in [0.25, 0.3) is 0 Å². The van der Waals surface area contributed by atoms with Gasteiger partial charge in [-0.3, -0.25) is 4.79 Å². The third-order valence-electron chi connectivity index (χ3n) is 5.13. The maximum absolute atomic E-state index is 12.7. The lowest BCUT2D eigenvalue weighted by atomic mass is 9.85. The largest absolute Gasteiger partial charge is 0.357 e. The summed E-state index contributed by atoms with van der Waals surface area (Å²) >= 11 is 3.64. The molecule has 0 spiro atoms. The van der Waals surface area contributed by atoms with Crippen LogP contribution in [0.25, 0.3) is 0 Å². The van der Waals surface area contributed by atoms with Gasteiger partial charge in [-0.15, -0.1) is 11.3 Å². The van der Waals surface area contributed by atoms with E-state index < -0.39 is 0 Å². The first kappa shape index (κ1) is 20.5. The molecule has 1 aliphatic carbocycles. The molecule has 8 heteroatoms. The van der Waals surface area contributed by atoms with E-state index >= 15 is 0 Å². The van der Waals surface area contributed by atoms with E-state index in [1.165, 1.54) is 4.88 Å². The Kier molecular flexibility index (Phi) is 7.81. The van der Waals surface area contributed by atoms with Gasteiger partial charge in [0.1, 0.15) is 5.01 Å². The first-order chi connectivity index (χ1) is 13.2. The molecule has 27 heavy (non-hydrogen) atoms. The quantitative estimate of drug-likeness (QED) is 0.578. The molecule has 1 aliphatic heterocycles. The van der Waals surface area contributed by atoms with Gasteiger partial charge in [-0.25, -0.2) is 9.98 Å². The summed E-state index contributed by atoms with van der Waals surface area (Å²) in [6.07, 6.45) is 5.91. The molecule has 2 heterocycles. The van der Waals surface area contributed by atoms with Gasteiger partial charge in [0.15, 0.2) is 5.96 Å². The summed E-state index contributed by atoms with van der Waals surface area (Å²) in [7, 11) is 0. The van der Waals surface area contributed by atoms with Crippen molar-refractivity contribution in [1.82, 2.24) is 20.5 Å². The summed E-state index contributed by atoms with van der Waals surface area (Å²) in [4.78, 5) is 25.1. The molecule has 6 nitrogen and oxygen atoms in total. The van der Waals surface area contributed by atoms with E-state index in [1.54, 1.807) is 11.3 Å². The number of aryl methyl sites for hydroxylation is 1. The molecule has 1 aromatic heterocycles. The summed E-state index contributed by atoms with van der Waals surface area (Å²) in [5, 5.41) is 7.93. The number of carbonyl (C=O) groups is 1. The van der Waals surface area contributed by atoms with Crippen molar-refractivity contribution in [1.29, 1.82) is 0 Å². The number of rotatable bonds is 5. The van der Waals surface area contributed by atoms with Crippen LogP contribution in [0.3, 0.4) is 0 Å². The minimum absolute atomic E-state index is 0.212. The molecule has 2 fully saturated rings. The number of hydrogen-bond acceptors (Lipinski definition) is 5. The second kappa shape index (κ2) is 10.3. The molecule has 1 saturated carbocycles. The van der Waals surface area contributed by atoms with Crippen LogP contribution in [0, 0.1) is 12.8 Å². The van der Waals surface area contributed by atoms with Crippen LogP contribution < -0.4 is 10.6 Å². The van der Waals surface area contributed by atoms with E-state index in [0.29, 0.717) is 18.5 Å². The fourth-order valence-corrected chi connectivity index (χ4v) is 5.28. The molecule has 0 atom stereocenters. The smallest absolute Gasteiger partial charge is 0.225 e. The molecule has 150 valence electrons. The molecule has 2 aliphatic rings. The zero-order valence-electron chi connectivity index (χ0n) is 16.4. The summed E-state index contributed by atoms with van der Waals surface area (Å²) < 4.78 is 0. The number of nitrogens with zero attached hydrogens (tertiary/aromatic N) is 3. The van der Waals surface area contributed by atoms with Crippen molar-refractivity contribution in [3.8, 4) is 0 Å². The Labute approximate surface area is 170 Å². The standard InChI is InChI=1S/C19H31N5OS2/c1-3-20-19(22-13-17-21-12-14(2)27-17)23-16-6-4-15(5-7-16)18(25)24-8-10-26-11-9-24/h12,15-16H,3-11,13H2,1-2H3,(H2,20,22,23). The second-order valence-corrected chi connectivity index (χ2v) is 9.73. The Bertz CT molecular complexity index is 634. The topological polar surface area (TPSA) is 69.6 Å². The third kappa shape index (κ3) is 6.10. The highest BCUT2D eigenvalue weighted by molar-refractivity contribution is 7.99. The number of guanidine groups is 1. The molecule has 1 saturated heterocycles. The summed E-state index contributed by atoms with van der Waals surface area (Å²) in [5.74, 6) is 3.62. The highest BCUT2D eigenvalue weighted by atomic mass is 32.2. The molecule has 3 rings (SSSR count). The highest BCUT2D eigenvalue weighted by Crippen LogP contribution is 2.27. The average Bonchev–Trinajstić information content (AvgIpc) is 3.12. The number of thiazole rings is 1. The van der Waals surface area contributed by atoms with E-state index in [0.717, 1.165) is 67.8 Å². The minimum atomic E-state index is 0.212. The zero-order valence-corrected chi connectivity index (χ0v) is 18.0. The van der Waals surface area contributed by atoms with Crippen LogP contribution in [-0.2, 0) is 11.3 Å². The molecule has 0 bridgehead atoms. The number of carbonyl (C=O) groups excluding carboxylic acids is 1. The van der Waals surface area contributed by atoms with Crippen LogP contribution >= 0.6 is 23.1 Å². The average molecular weight is 410 g/mol. The predicted molar refractivity (Wildman–Crippen MR) is 114 cm³/mol. The van der Waals surface area contributed by atoms with E-state index in [4.69, 9.17) is 0 Å². The zero-order chi connectivity index (χ0) is 19.1. The van der Waals surface area contributed by atoms with Gasteiger partial charge < -0.3 is 15.5 Å². The van der Waals surface area contributed by atoms with Gasteiger partial charge in [0.2, 0.25) is 5.91 Å². The van der Waals surface area contributed by atoms with E-state index in [2.05, 4.69) is 39.4 Å². The number of aliphatic imine (C=N–C) groups is 1. The monoisotopic (exact) mass is 409 g/mol. The van der Waals surface area contributed by atoms with Crippen molar-refractivity contribution in [2.75, 3.05) is 31.1 Å². The molecule has 2 N–H and O–H groups in total. The van der Waals surface area contributed by atoms with Crippen LogP contribution in [-0.4, -0.2) is 58.9 Å². The molecular weight excluding hydrogens is 378 g/mol. The van der Waals surface area contributed by atoms with E-state index in [9.17, 15) is 4.79 Å². The predicted octanol–water partition coefficient (Wildman–Crippen LogP) is 2.64. The number of amides is 1. The van der Waals surface area contributed by atoms with Gasteiger partial charge >= 0.3 is 0 Å². The van der Waals surface area contributed by atoms with Crippen LogP contribution in [0.4, 0.5) is 0 Å². The summed E-state index contributed by atoms with van der Waals surface area (Å²) in [6, 6.07) is 0.391. The van der Waals surface area contributed by atoms with Crippen LogP contribution in [0.1, 0.15) is 42.5 Å². The Morgan fingerprint density at radius 2 is 2.04 bits per heavy atom. The first-order valence-electron chi connectivity index (χ1n) is 9.98. The van der Waals surface area contributed by atoms with Crippen molar-refractivity contribution < 1.29 is 4.79 Å². The fourth-order valence-electron chi connectivity index (χ4n) is 3.66. The normalized spacial score (nSPS) is 23.9. The Morgan fingerprint density at radius 1 is 1.30 bits per heavy atom. The van der Waals surface area contributed by atoms with Crippen LogP contribution in [0.5, 0.6) is 0 Å². The summed E-state index contributed by atoms with van der Waals surface area (Å²) in [5.41, 5.74) is 0. The Morgan fingerprint density at radius 3 is 2.67 bits per heavy atom. The first-order valence-corrected chi connectivity index (χ1v) is 12.0. The van der Waals surface area contributed by atoms with Gasteiger partial charge in [0, 0.05) is 54.2 Å². The van der Waals surface area contributed by atoms with E-state index in [-0.39, 0.29) is 5.92 Å². The van der Waals surface area contributed by atoms with Crippen molar-refractivity contribution >= 4 is 35.0 Å². The van der Waals surface area contributed by atoms with Crippen molar-refractivity contribution in [3.63, 3.8) is 0 Å². The number of hydrogen-bond donors (Lipinski definition) is 2. The molecule has 0 aromatic carbocycles. The lowest BCUT2D eigenvalue weighted by Gasteiger charge is -2.34. The van der Waals surface area contributed by atoms with Gasteiger partial charge in [-0.1, -0.05) is 0 Å². The van der Waals surface area contributed by atoms with Crippen molar-refractivity contribution in [2.45, 2.75) is 52.1 Å². The lowest BCUT2D eigenvalue weighted by molar-refractivity contribution is -0.136. The van der Waals surface area contributed by atoms with Gasteiger partial charge in [0.05, 0.1) is 6.54 Å². The van der Waals surface area contributed by atoms with Crippen molar-refractivity contribution in [2.24, 2.45) is 10.9 Å². The van der Waals surface area contributed by atoms with Crippen LogP contribution in [0.2, 0.25) is 0 Å². The molecular formula is C19H31N5OS2. The number of thioether (sulfide) groups is 1. The van der Waals surface area contributed by atoms with E-state index in [1.807, 2.05) is 18.0 Å². The fraction of sp³-hybridized carbons (Fsp3) is 0.737. The maximum Gasteiger partial charge on any atom is 0.225 e. The SMILES string of the molecule is CCNC(=NCc1ncc(C)s1)NC1CCC(C(=O)N2CCSCC2)CC1. The Hall–Kier alpha value is -1.28. The molecule has 1 aromatic rings. The molecule has 0 unspecified atom stereocenters. The summed E-state index contributed by atoms with van der Waals surface area (Å²) in [6.45, 7) is 7.44. The number of aromatic nitrogens is 1. The highest BCUT2D eigenvalue weighted by Gasteiger charge is 2.30. The third-order valence-corrected chi connectivity index (χ3v) is 6.97. The second-order valence-electron chi connectivity index (χ2n) is 7.19. The van der Waals surface area contributed by atoms with Crippen molar-refractivity contribution in [3.05, 3.63) is 16.1 Å². The number of nitrogens with one attached hydrogen (secondary N) is 2. The van der Waals surface area contributed by atoms with Gasteiger partial charge in [-0.2, -0.15) is 11.8 Å². The van der Waals surface area contributed by atoms with Crippen LogP contribution in [0.15, 0.2) is 11.2 Å². The maximum atomic E-state index is 12.7. The molecule has 0 radical (unpaired) electrons. The Balaban J connectivity index is 1.47. The lowest BCUT2D eigenvalue weighted by Crippen LogP contribution is -2.47. The molecule has 1 amide bonds. The minimum Gasteiger partial charge on any atom is -0.357 e.